The van der Waals surface area contributed by atoms with Gasteiger partial charge >= 0.3 is 6.18 Å². The van der Waals surface area contributed by atoms with Crippen LogP contribution in [0.15, 0.2) is 18.3 Å². The summed E-state index contributed by atoms with van der Waals surface area (Å²) in [6.07, 6.45) is -2.93. The van der Waals surface area contributed by atoms with E-state index < -0.39 is 12.8 Å². The SMILES string of the molecule is CCNc1cc(OCC(F)(F)F)ccn1. The molecule has 0 atom stereocenters. The zero-order chi connectivity index (χ0) is 11.3. The number of anilines is 1. The molecule has 0 unspecified atom stereocenters. The molecule has 1 aromatic rings. The van der Waals surface area contributed by atoms with Gasteiger partial charge in [-0.15, -0.1) is 0 Å². The highest BCUT2D eigenvalue weighted by Gasteiger charge is 2.28. The summed E-state index contributed by atoms with van der Waals surface area (Å²) in [6.45, 7) is 1.23. The zero-order valence-corrected chi connectivity index (χ0v) is 8.14. The third-order valence-corrected chi connectivity index (χ3v) is 1.49. The van der Waals surface area contributed by atoms with Crippen LogP contribution in [0.2, 0.25) is 0 Å². The van der Waals surface area contributed by atoms with E-state index in [4.69, 9.17) is 0 Å². The van der Waals surface area contributed by atoms with Crippen molar-refractivity contribution < 1.29 is 17.9 Å². The average molecular weight is 220 g/mol. The fourth-order valence-electron chi connectivity index (χ4n) is 0.944. The van der Waals surface area contributed by atoms with Gasteiger partial charge in [-0.2, -0.15) is 13.2 Å². The molecule has 0 aliphatic heterocycles. The van der Waals surface area contributed by atoms with Gasteiger partial charge in [0.2, 0.25) is 0 Å². The quantitative estimate of drug-likeness (QED) is 0.846. The Labute approximate surface area is 85.3 Å². The van der Waals surface area contributed by atoms with Gasteiger partial charge in [0.05, 0.1) is 0 Å². The summed E-state index contributed by atoms with van der Waals surface area (Å²) >= 11 is 0. The molecule has 0 aromatic carbocycles. The molecule has 0 saturated heterocycles. The van der Waals surface area contributed by atoms with Crippen molar-refractivity contribution in [1.29, 1.82) is 0 Å². The molecule has 1 heterocycles. The molecule has 1 N–H and O–H groups in total. The first-order valence-corrected chi connectivity index (χ1v) is 4.41. The Morgan fingerprint density at radius 1 is 1.47 bits per heavy atom. The van der Waals surface area contributed by atoms with E-state index in [0.29, 0.717) is 12.4 Å². The molecule has 0 bridgehead atoms. The number of ether oxygens (including phenoxy) is 1. The predicted molar refractivity (Wildman–Crippen MR) is 50.0 cm³/mol. The Morgan fingerprint density at radius 3 is 2.80 bits per heavy atom. The van der Waals surface area contributed by atoms with E-state index in [0.717, 1.165) is 0 Å². The number of hydrogen-bond donors (Lipinski definition) is 1. The maximum absolute atomic E-state index is 11.8. The molecule has 0 fully saturated rings. The fourth-order valence-corrected chi connectivity index (χ4v) is 0.944. The number of nitrogens with one attached hydrogen (secondary N) is 1. The Morgan fingerprint density at radius 2 is 2.20 bits per heavy atom. The number of nitrogens with zero attached hydrogens (tertiary/aromatic N) is 1. The van der Waals surface area contributed by atoms with Crippen LogP contribution < -0.4 is 10.1 Å². The minimum Gasteiger partial charge on any atom is -0.484 e. The molecule has 1 aromatic heterocycles. The van der Waals surface area contributed by atoms with Gasteiger partial charge in [-0.05, 0) is 13.0 Å². The lowest BCUT2D eigenvalue weighted by molar-refractivity contribution is -0.153. The third kappa shape index (κ3) is 4.53. The lowest BCUT2D eigenvalue weighted by Crippen LogP contribution is -2.19. The van der Waals surface area contributed by atoms with Crippen LogP contribution in [0.4, 0.5) is 19.0 Å². The van der Waals surface area contributed by atoms with Crippen LogP contribution in [0.3, 0.4) is 0 Å². The number of rotatable bonds is 4. The van der Waals surface area contributed by atoms with Crippen LogP contribution in [0.25, 0.3) is 0 Å². The molecule has 3 nitrogen and oxygen atoms in total. The molecule has 0 saturated carbocycles. The minimum atomic E-state index is -4.32. The van der Waals surface area contributed by atoms with Crippen molar-refractivity contribution in [2.75, 3.05) is 18.5 Å². The first kappa shape index (κ1) is 11.6. The van der Waals surface area contributed by atoms with Crippen molar-refractivity contribution in [1.82, 2.24) is 4.98 Å². The van der Waals surface area contributed by atoms with Gasteiger partial charge in [0, 0.05) is 18.8 Å². The van der Waals surface area contributed by atoms with E-state index in [1.165, 1.54) is 18.3 Å². The number of pyridine rings is 1. The second-order valence-electron chi connectivity index (χ2n) is 2.81. The van der Waals surface area contributed by atoms with E-state index in [9.17, 15) is 13.2 Å². The van der Waals surface area contributed by atoms with Gasteiger partial charge < -0.3 is 10.1 Å². The Hall–Kier alpha value is -1.46. The summed E-state index contributed by atoms with van der Waals surface area (Å²) < 4.78 is 40.1. The molecule has 0 aliphatic carbocycles. The van der Waals surface area contributed by atoms with Gasteiger partial charge in [-0.1, -0.05) is 0 Å². The first-order chi connectivity index (χ1) is 7.01. The van der Waals surface area contributed by atoms with Crippen LogP contribution in [-0.2, 0) is 0 Å². The standard InChI is InChI=1S/C9H11F3N2O/c1-2-13-8-5-7(3-4-14-8)15-6-9(10,11)12/h3-5H,2,6H2,1H3,(H,13,14). The summed E-state index contributed by atoms with van der Waals surface area (Å²) in [5.41, 5.74) is 0. The summed E-state index contributed by atoms with van der Waals surface area (Å²) in [7, 11) is 0. The lowest BCUT2D eigenvalue weighted by atomic mass is 10.4. The second-order valence-corrected chi connectivity index (χ2v) is 2.81. The highest BCUT2D eigenvalue weighted by atomic mass is 19.4. The molecule has 84 valence electrons. The van der Waals surface area contributed by atoms with Gasteiger partial charge in [0.25, 0.3) is 0 Å². The fraction of sp³-hybridized carbons (Fsp3) is 0.444. The summed E-state index contributed by atoms with van der Waals surface area (Å²) in [5, 5.41) is 2.87. The number of hydrogen-bond acceptors (Lipinski definition) is 3. The van der Waals surface area contributed by atoms with Crippen molar-refractivity contribution in [3.05, 3.63) is 18.3 Å². The summed E-state index contributed by atoms with van der Waals surface area (Å²) in [5.74, 6) is 0.649. The third-order valence-electron chi connectivity index (χ3n) is 1.49. The molecule has 0 amide bonds. The van der Waals surface area contributed by atoms with E-state index in [2.05, 4.69) is 15.0 Å². The zero-order valence-electron chi connectivity index (χ0n) is 8.14. The van der Waals surface area contributed by atoms with Gasteiger partial charge in [0.1, 0.15) is 11.6 Å². The molecular weight excluding hydrogens is 209 g/mol. The molecule has 0 aliphatic rings. The molecule has 0 radical (unpaired) electrons. The van der Waals surface area contributed by atoms with E-state index in [1.54, 1.807) is 0 Å². The van der Waals surface area contributed by atoms with Crippen molar-refractivity contribution in [3.8, 4) is 5.75 Å². The summed E-state index contributed by atoms with van der Waals surface area (Å²) in [4.78, 5) is 3.90. The number of aromatic nitrogens is 1. The van der Waals surface area contributed by atoms with Crippen LogP contribution in [-0.4, -0.2) is 24.3 Å². The van der Waals surface area contributed by atoms with Gasteiger partial charge in [0.15, 0.2) is 6.61 Å². The van der Waals surface area contributed by atoms with Gasteiger partial charge in [-0.3, -0.25) is 0 Å². The Balaban J connectivity index is 2.57. The summed E-state index contributed by atoms with van der Waals surface area (Å²) in [6, 6.07) is 2.81. The monoisotopic (exact) mass is 220 g/mol. The van der Waals surface area contributed by atoms with Crippen molar-refractivity contribution in [3.63, 3.8) is 0 Å². The molecule has 0 spiro atoms. The minimum absolute atomic E-state index is 0.151. The maximum Gasteiger partial charge on any atom is 0.422 e. The van der Waals surface area contributed by atoms with Crippen molar-refractivity contribution >= 4 is 5.82 Å². The molecule has 15 heavy (non-hydrogen) atoms. The number of alkyl halides is 3. The van der Waals surface area contributed by atoms with E-state index in [-0.39, 0.29) is 5.75 Å². The normalized spacial score (nSPS) is 11.2. The highest BCUT2D eigenvalue weighted by Crippen LogP contribution is 2.19. The van der Waals surface area contributed by atoms with Crippen LogP contribution >= 0.6 is 0 Å². The topological polar surface area (TPSA) is 34.1 Å². The van der Waals surface area contributed by atoms with Gasteiger partial charge in [-0.25, -0.2) is 4.98 Å². The van der Waals surface area contributed by atoms with Crippen LogP contribution in [0.1, 0.15) is 6.92 Å². The highest BCUT2D eigenvalue weighted by molar-refractivity contribution is 5.40. The first-order valence-electron chi connectivity index (χ1n) is 4.41. The largest absolute Gasteiger partial charge is 0.484 e. The van der Waals surface area contributed by atoms with E-state index in [1.807, 2.05) is 6.92 Å². The molecule has 1 rings (SSSR count). The number of halogens is 3. The van der Waals surface area contributed by atoms with E-state index >= 15 is 0 Å². The van der Waals surface area contributed by atoms with Crippen LogP contribution in [0, 0.1) is 0 Å². The smallest absolute Gasteiger partial charge is 0.422 e. The maximum atomic E-state index is 11.8. The Bertz CT molecular complexity index is 314. The predicted octanol–water partition coefficient (Wildman–Crippen LogP) is 2.45. The lowest BCUT2D eigenvalue weighted by Gasteiger charge is -2.09. The average Bonchev–Trinajstić information content (AvgIpc) is 2.15. The second kappa shape index (κ2) is 4.86. The molecular formula is C9H11F3N2O. The molecule has 6 heteroatoms. The van der Waals surface area contributed by atoms with Crippen molar-refractivity contribution in [2.45, 2.75) is 13.1 Å². The van der Waals surface area contributed by atoms with Crippen molar-refractivity contribution in [2.24, 2.45) is 0 Å². The van der Waals surface area contributed by atoms with Crippen LogP contribution in [0.5, 0.6) is 5.75 Å². The Kier molecular flexibility index (Phi) is 3.76.